The zero-order chi connectivity index (χ0) is 10.6. The second kappa shape index (κ2) is 4.94. The molecule has 1 aromatic rings. The molecular weight excluding hydrogens is 172 g/mol. The average molecular weight is 190 g/mol. The van der Waals surface area contributed by atoms with Gasteiger partial charge in [-0.3, -0.25) is 4.79 Å². The summed E-state index contributed by atoms with van der Waals surface area (Å²) in [6.07, 6.45) is 1.59. The second-order valence-corrected chi connectivity index (χ2v) is 3.92. The van der Waals surface area contributed by atoms with Gasteiger partial charge in [0.25, 0.3) is 0 Å². The number of carbonyl (C=O) groups excluding carboxylic acids is 1. The van der Waals surface area contributed by atoms with Crippen molar-refractivity contribution in [3.8, 4) is 0 Å². The van der Waals surface area contributed by atoms with Crippen LogP contribution in [0.3, 0.4) is 0 Å². The molecule has 1 heteroatoms. The van der Waals surface area contributed by atoms with E-state index >= 15 is 0 Å². The number of benzene rings is 1. The maximum Gasteiger partial charge on any atom is 0.139 e. The van der Waals surface area contributed by atoms with Gasteiger partial charge in [0.1, 0.15) is 5.78 Å². The highest BCUT2D eigenvalue weighted by Gasteiger charge is 2.09. The zero-order valence-corrected chi connectivity index (χ0v) is 9.21. The quantitative estimate of drug-likeness (QED) is 0.713. The molecule has 0 amide bonds. The van der Waals surface area contributed by atoms with E-state index in [4.69, 9.17) is 0 Å². The monoisotopic (exact) mass is 190 g/mol. The Morgan fingerprint density at radius 3 is 2.29 bits per heavy atom. The van der Waals surface area contributed by atoms with E-state index in [0.717, 1.165) is 6.42 Å². The first kappa shape index (κ1) is 11.0. The lowest BCUT2D eigenvalue weighted by atomic mass is 9.96. The van der Waals surface area contributed by atoms with Gasteiger partial charge in [-0.05, 0) is 17.5 Å². The van der Waals surface area contributed by atoms with E-state index in [9.17, 15) is 4.79 Å². The van der Waals surface area contributed by atoms with Gasteiger partial charge in [0.2, 0.25) is 0 Å². The molecule has 0 aliphatic rings. The minimum atomic E-state index is 0.139. The van der Waals surface area contributed by atoms with E-state index in [1.807, 2.05) is 26.0 Å². The standard InChI is InChI=1S/C13H18O/c1-4-11-7-5-6-8-12(11)9-13(14)10(2)3/h5-8,10H,4,9H2,1-3H3. The van der Waals surface area contributed by atoms with Crippen LogP contribution in [0.2, 0.25) is 0 Å². The SMILES string of the molecule is CCc1ccccc1CC(=O)C(C)C. The molecule has 14 heavy (non-hydrogen) atoms. The lowest BCUT2D eigenvalue weighted by Crippen LogP contribution is -2.11. The lowest BCUT2D eigenvalue weighted by Gasteiger charge is -2.08. The van der Waals surface area contributed by atoms with Gasteiger partial charge in [-0.2, -0.15) is 0 Å². The van der Waals surface area contributed by atoms with E-state index < -0.39 is 0 Å². The predicted molar refractivity (Wildman–Crippen MR) is 59.4 cm³/mol. The molecule has 0 heterocycles. The summed E-state index contributed by atoms with van der Waals surface area (Å²) in [5.74, 6) is 0.464. The average Bonchev–Trinajstić information content (AvgIpc) is 2.18. The van der Waals surface area contributed by atoms with Crippen LogP contribution in [0.15, 0.2) is 24.3 Å². The van der Waals surface area contributed by atoms with Crippen LogP contribution in [-0.2, 0) is 17.6 Å². The minimum Gasteiger partial charge on any atom is -0.299 e. The number of aryl methyl sites for hydroxylation is 1. The van der Waals surface area contributed by atoms with Gasteiger partial charge >= 0.3 is 0 Å². The zero-order valence-electron chi connectivity index (χ0n) is 9.21. The normalized spacial score (nSPS) is 10.6. The third kappa shape index (κ3) is 2.69. The molecule has 0 aromatic heterocycles. The summed E-state index contributed by atoms with van der Waals surface area (Å²) in [5, 5.41) is 0. The Morgan fingerprint density at radius 2 is 1.79 bits per heavy atom. The molecule has 0 atom stereocenters. The van der Waals surface area contributed by atoms with Crippen molar-refractivity contribution in [3.05, 3.63) is 35.4 Å². The van der Waals surface area contributed by atoms with Gasteiger partial charge in [0.05, 0.1) is 0 Å². The summed E-state index contributed by atoms with van der Waals surface area (Å²) < 4.78 is 0. The highest BCUT2D eigenvalue weighted by atomic mass is 16.1. The van der Waals surface area contributed by atoms with Crippen molar-refractivity contribution < 1.29 is 4.79 Å². The number of carbonyl (C=O) groups is 1. The molecule has 0 aliphatic heterocycles. The Labute approximate surface area is 86.1 Å². The Bertz CT molecular complexity index is 313. The fourth-order valence-electron chi connectivity index (χ4n) is 1.47. The van der Waals surface area contributed by atoms with Gasteiger partial charge < -0.3 is 0 Å². The molecule has 0 fully saturated rings. The molecule has 0 radical (unpaired) electrons. The number of hydrogen-bond acceptors (Lipinski definition) is 1. The van der Waals surface area contributed by atoms with Gasteiger partial charge in [-0.25, -0.2) is 0 Å². The van der Waals surface area contributed by atoms with E-state index in [-0.39, 0.29) is 5.92 Å². The summed E-state index contributed by atoms with van der Waals surface area (Å²) in [7, 11) is 0. The maximum atomic E-state index is 11.6. The van der Waals surface area contributed by atoms with Crippen molar-refractivity contribution in [2.45, 2.75) is 33.6 Å². The molecule has 1 nitrogen and oxygen atoms in total. The van der Waals surface area contributed by atoms with E-state index in [0.29, 0.717) is 12.2 Å². The summed E-state index contributed by atoms with van der Waals surface area (Å²) in [4.78, 5) is 11.6. The van der Waals surface area contributed by atoms with Crippen LogP contribution < -0.4 is 0 Å². The van der Waals surface area contributed by atoms with Crippen LogP contribution in [0.4, 0.5) is 0 Å². The third-order valence-corrected chi connectivity index (χ3v) is 2.51. The third-order valence-electron chi connectivity index (χ3n) is 2.51. The van der Waals surface area contributed by atoms with Crippen molar-refractivity contribution >= 4 is 5.78 Å². The van der Waals surface area contributed by atoms with Gasteiger partial charge in [0.15, 0.2) is 0 Å². The summed E-state index contributed by atoms with van der Waals surface area (Å²) >= 11 is 0. The molecule has 1 aromatic carbocycles. The number of Topliss-reactive ketones (excluding diaryl/α,β-unsaturated/α-hetero) is 1. The molecule has 0 unspecified atom stereocenters. The highest BCUT2D eigenvalue weighted by Crippen LogP contribution is 2.12. The fourth-order valence-corrected chi connectivity index (χ4v) is 1.47. The van der Waals surface area contributed by atoms with Crippen LogP contribution in [0.1, 0.15) is 31.9 Å². The van der Waals surface area contributed by atoms with Crippen molar-refractivity contribution in [3.63, 3.8) is 0 Å². The number of ketones is 1. The van der Waals surface area contributed by atoms with E-state index in [1.165, 1.54) is 11.1 Å². The fraction of sp³-hybridized carbons (Fsp3) is 0.462. The van der Waals surface area contributed by atoms with Crippen molar-refractivity contribution in [2.24, 2.45) is 5.92 Å². The highest BCUT2D eigenvalue weighted by molar-refractivity contribution is 5.82. The smallest absolute Gasteiger partial charge is 0.139 e. The lowest BCUT2D eigenvalue weighted by molar-refractivity contribution is -0.121. The van der Waals surface area contributed by atoms with Crippen LogP contribution >= 0.6 is 0 Å². The molecule has 0 aliphatic carbocycles. The van der Waals surface area contributed by atoms with Crippen LogP contribution in [0.5, 0.6) is 0 Å². The number of hydrogen-bond donors (Lipinski definition) is 0. The Morgan fingerprint density at radius 1 is 1.21 bits per heavy atom. The van der Waals surface area contributed by atoms with Gasteiger partial charge in [-0.1, -0.05) is 45.0 Å². The first-order valence-electron chi connectivity index (χ1n) is 5.24. The minimum absolute atomic E-state index is 0.139. The largest absolute Gasteiger partial charge is 0.299 e. The molecule has 76 valence electrons. The predicted octanol–water partition coefficient (Wildman–Crippen LogP) is 3.02. The molecule has 0 saturated carbocycles. The molecule has 0 N–H and O–H groups in total. The molecular formula is C13H18O. The Balaban J connectivity index is 2.80. The second-order valence-electron chi connectivity index (χ2n) is 3.92. The number of rotatable bonds is 4. The first-order chi connectivity index (χ1) is 6.65. The first-order valence-corrected chi connectivity index (χ1v) is 5.24. The summed E-state index contributed by atoms with van der Waals surface area (Å²) in [5.41, 5.74) is 2.48. The van der Waals surface area contributed by atoms with E-state index in [1.54, 1.807) is 0 Å². The van der Waals surface area contributed by atoms with Gasteiger partial charge in [-0.15, -0.1) is 0 Å². The Kier molecular flexibility index (Phi) is 3.87. The Hall–Kier alpha value is -1.11. The molecule has 1 rings (SSSR count). The van der Waals surface area contributed by atoms with E-state index in [2.05, 4.69) is 19.1 Å². The van der Waals surface area contributed by atoms with Gasteiger partial charge in [0, 0.05) is 12.3 Å². The van der Waals surface area contributed by atoms with Crippen LogP contribution in [0, 0.1) is 5.92 Å². The summed E-state index contributed by atoms with van der Waals surface area (Å²) in [6, 6.07) is 8.19. The van der Waals surface area contributed by atoms with Crippen LogP contribution in [-0.4, -0.2) is 5.78 Å². The maximum absolute atomic E-state index is 11.6. The topological polar surface area (TPSA) is 17.1 Å². The van der Waals surface area contributed by atoms with Crippen molar-refractivity contribution in [2.75, 3.05) is 0 Å². The molecule has 0 bridgehead atoms. The molecule has 0 saturated heterocycles. The summed E-state index contributed by atoms with van der Waals surface area (Å²) in [6.45, 7) is 6.03. The van der Waals surface area contributed by atoms with Crippen molar-refractivity contribution in [1.29, 1.82) is 0 Å². The van der Waals surface area contributed by atoms with Crippen molar-refractivity contribution in [1.82, 2.24) is 0 Å². The molecule has 0 spiro atoms. The van der Waals surface area contributed by atoms with Crippen LogP contribution in [0.25, 0.3) is 0 Å².